The van der Waals surface area contributed by atoms with Gasteiger partial charge >= 0.3 is 6.03 Å². The number of carbonyl (C=O) groups excluding carboxylic acids is 1. The molecule has 0 radical (unpaired) electrons. The largest absolute Gasteiger partial charge is 0.486 e. The average Bonchev–Trinajstić information content (AvgIpc) is 3.36. The van der Waals surface area contributed by atoms with Crippen molar-refractivity contribution in [2.24, 2.45) is 0 Å². The van der Waals surface area contributed by atoms with Gasteiger partial charge in [-0.1, -0.05) is 0 Å². The summed E-state index contributed by atoms with van der Waals surface area (Å²) in [6, 6.07) is 10.7. The molecule has 2 aliphatic heterocycles. The van der Waals surface area contributed by atoms with E-state index >= 15 is 0 Å². The molecule has 2 aromatic carbocycles. The van der Waals surface area contributed by atoms with Crippen molar-refractivity contribution in [2.75, 3.05) is 44.7 Å². The Morgan fingerprint density at radius 1 is 1.06 bits per heavy atom. The van der Waals surface area contributed by atoms with Crippen molar-refractivity contribution in [1.82, 2.24) is 14.8 Å². The predicted octanol–water partition coefficient (Wildman–Crippen LogP) is 3.57. The fraction of sp³-hybridized carbons (Fsp3) is 0.360. The van der Waals surface area contributed by atoms with Crippen molar-refractivity contribution in [3.8, 4) is 11.5 Å². The second kappa shape index (κ2) is 9.72. The van der Waals surface area contributed by atoms with Gasteiger partial charge in [-0.2, -0.15) is 0 Å². The number of halogens is 1. The number of ether oxygens (including phenoxy) is 2. The third-order valence-corrected chi connectivity index (χ3v) is 6.21. The highest BCUT2D eigenvalue weighted by molar-refractivity contribution is 5.89. The molecule has 1 saturated heterocycles. The molecule has 3 aromatic rings. The first kappa shape index (κ1) is 22.2. The normalized spacial score (nSPS) is 15.4. The van der Waals surface area contributed by atoms with Gasteiger partial charge in [0.25, 0.3) is 5.56 Å². The van der Waals surface area contributed by atoms with Crippen molar-refractivity contribution in [3.63, 3.8) is 0 Å². The number of nitrogens with zero attached hydrogens (tertiary/aromatic N) is 2. The number of benzene rings is 2. The third kappa shape index (κ3) is 4.99. The highest BCUT2D eigenvalue weighted by atomic mass is 19.1. The second-order valence-corrected chi connectivity index (χ2v) is 8.61. The molecule has 34 heavy (non-hydrogen) atoms. The van der Waals surface area contributed by atoms with Crippen LogP contribution >= 0.6 is 0 Å². The molecule has 178 valence electrons. The molecule has 0 bridgehead atoms. The lowest BCUT2D eigenvalue weighted by molar-refractivity contribution is 0.172. The van der Waals surface area contributed by atoms with Crippen LogP contribution in [0.15, 0.2) is 47.3 Å². The molecular formula is C25H27FN4O4. The van der Waals surface area contributed by atoms with Crippen LogP contribution in [-0.4, -0.2) is 60.2 Å². The molecule has 0 unspecified atom stereocenters. The standard InChI is InChI=1S/C25H27FN4O4/c26-19-3-5-20(6-4-19)27-25(32)30(10-9-29-7-1-2-8-29)16-18-13-17-14-22-23(34-12-11-33-22)15-21(17)28-24(18)31/h3-6,13-15H,1-2,7-12,16H2,(H,27,32)(H,28,31). The summed E-state index contributed by atoms with van der Waals surface area (Å²) >= 11 is 0. The van der Waals surface area contributed by atoms with E-state index in [9.17, 15) is 14.0 Å². The zero-order valence-corrected chi connectivity index (χ0v) is 18.8. The first-order chi connectivity index (χ1) is 16.5. The zero-order chi connectivity index (χ0) is 23.5. The van der Waals surface area contributed by atoms with Crippen LogP contribution in [0.4, 0.5) is 14.9 Å². The average molecular weight is 467 g/mol. The molecule has 1 aromatic heterocycles. The van der Waals surface area contributed by atoms with Crippen LogP contribution in [-0.2, 0) is 6.54 Å². The van der Waals surface area contributed by atoms with E-state index in [-0.39, 0.29) is 24.0 Å². The van der Waals surface area contributed by atoms with Crippen LogP contribution in [0.5, 0.6) is 11.5 Å². The zero-order valence-electron chi connectivity index (χ0n) is 18.8. The topological polar surface area (TPSA) is 86.9 Å². The number of urea groups is 1. The van der Waals surface area contributed by atoms with Gasteiger partial charge in [0.1, 0.15) is 19.0 Å². The number of hydrogen-bond donors (Lipinski definition) is 2. The number of anilines is 1. The van der Waals surface area contributed by atoms with Crippen LogP contribution in [0.25, 0.3) is 10.9 Å². The maximum atomic E-state index is 13.3. The summed E-state index contributed by atoms with van der Waals surface area (Å²) in [5, 5.41) is 3.62. The smallest absolute Gasteiger partial charge is 0.322 e. The maximum Gasteiger partial charge on any atom is 0.322 e. The Bertz CT molecular complexity index is 1240. The highest BCUT2D eigenvalue weighted by Crippen LogP contribution is 2.33. The van der Waals surface area contributed by atoms with E-state index in [1.54, 1.807) is 17.0 Å². The number of rotatable bonds is 6. The summed E-state index contributed by atoms with van der Waals surface area (Å²) in [6.45, 7) is 4.29. The van der Waals surface area contributed by atoms with Crippen LogP contribution in [0.1, 0.15) is 18.4 Å². The van der Waals surface area contributed by atoms with Crippen LogP contribution in [0.2, 0.25) is 0 Å². The van der Waals surface area contributed by atoms with Gasteiger partial charge in [-0.15, -0.1) is 0 Å². The molecule has 2 N–H and O–H groups in total. The van der Waals surface area contributed by atoms with Crippen molar-refractivity contribution in [2.45, 2.75) is 19.4 Å². The SMILES string of the molecule is O=C(Nc1ccc(F)cc1)N(CCN1CCCC1)Cc1cc2cc3c(cc2[nH]c1=O)OCCO3. The monoisotopic (exact) mass is 466 g/mol. The molecule has 3 heterocycles. The van der Waals surface area contributed by atoms with Gasteiger partial charge in [0.15, 0.2) is 11.5 Å². The lowest BCUT2D eigenvalue weighted by Gasteiger charge is -2.26. The van der Waals surface area contributed by atoms with Crippen LogP contribution in [0.3, 0.4) is 0 Å². The summed E-state index contributed by atoms with van der Waals surface area (Å²) in [5.74, 6) is 0.868. The fourth-order valence-electron chi connectivity index (χ4n) is 4.37. The van der Waals surface area contributed by atoms with E-state index in [0.29, 0.717) is 48.0 Å². The van der Waals surface area contributed by atoms with Gasteiger partial charge in [-0.3, -0.25) is 4.79 Å². The number of aromatic nitrogens is 1. The Balaban J connectivity index is 1.39. The number of likely N-dealkylation sites (tertiary alicyclic amines) is 1. The highest BCUT2D eigenvalue weighted by Gasteiger charge is 2.20. The number of carbonyl (C=O) groups is 1. The second-order valence-electron chi connectivity index (χ2n) is 8.61. The molecule has 2 amide bonds. The Labute approximate surface area is 196 Å². The van der Waals surface area contributed by atoms with E-state index in [4.69, 9.17) is 9.47 Å². The molecular weight excluding hydrogens is 439 g/mol. The van der Waals surface area contributed by atoms with Crippen molar-refractivity contribution < 1.29 is 18.7 Å². The van der Waals surface area contributed by atoms with E-state index in [1.165, 1.54) is 24.3 Å². The molecule has 1 fully saturated rings. The lowest BCUT2D eigenvalue weighted by Crippen LogP contribution is -2.41. The number of H-pyrrole nitrogens is 1. The molecule has 0 spiro atoms. The molecule has 5 rings (SSSR count). The van der Waals surface area contributed by atoms with Gasteiger partial charge in [0, 0.05) is 35.8 Å². The van der Waals surface area contributed by atoms with Crippen molar-refractivity contribution >= 4 is 22.6 Å². The summed E-state index contributed by atoms with van der Waals surface area (Å²) in [5.41, 5.74) is 1.36. The van der Waals surface area contributed by atoms with Gasteiger partial charge < -0.3 is 29.6 Å². The molecule has 0 aliphatic carbocycles. The summed E-state index contributed by atoms with van der Waals surface area (Å²) < 4.78 is 24.5. The Morgan fingerprint density at radius 2 is 1.76 bits per heavy atom. The molecule has 0 saturated carbocycles. The van der Waals surface area contributed by atoms with E-state index in [0.717, 1.165) is 37.9 Å². The number of nitrogens with one attached hydrogen (secondary N) is 2. The van der Waals surface area contributed by atoms with Crippen LogP contribution in [0, 0.1) is 5.82 Å². The van der Waals surface area contributed by atoms with Gasteiger partial charge in [0.2, 0.25) is 0 Å². The summed E-state index contributed by atoms with van der Waals surface area (Å²) in [6.07, 6.45) is 2.31. The molecule has 2 aliphatic rings. The predicted molar refractivity (Wildman–Crippen MR) is 127 cm³/mol. The third-order valence-electron chi connectivity index (χ3n) is 6.21. The van der Waals surface area contributed by atoms with Crippen molar-refractivity contribution in [3.05, 3.63) is 64.2 Å². The van der Waals surface area contributed by atoms with E-state index in [1.807, 2.05) is 6.07 Å². The quantitative estimate of drug-likeness (QED) is 0.580. The lowest BCUT2D eigenvalue weighted by atomic mass is 10.1. The first-order valence-corrected chi connectivity index (χ1v) is 11.5. The molecule has 9 heteroatoms. The number of aromatic amines is 1. The maximum absolute atomic E-state index is 13.3. The Morgan fingerprint density at radius 3 is 2.50 bits per heavy atom. The summed E-state index contributed by atoms with van der Waals surface area (Å²) in [4.78, 5) is 32.8. The minimum absolute atomic E-state index is 0.139. The Hall–Kier alpha value is -3.59. The number of fused-ring (bicyclic) bond motifs is 2. The number of hydrogen-bond acceptors (Lipinski definition) is 5. The van der Waals surface area contributed by atoms with E-state index < -0.39 is 0 Å². The minimum atomic E-state index is -0.372. The van der Waals surface area contributed by atoms with Gasteiger partial charge in [-0.25, -0.2) is 9.18 Å². The Kier molecular flexibility index (Phi) is 6.35. The first-order valence-electron chi connectivity index (χ1n) is 11.5. The van der Waals surface area contributed by atoms with Crippen LogP contribution < -0.4 is 20.3 Å². The van der Waals surface area contributed by atoms with E-state index in [2.05, 4.69) is 15.2 Å². The van der Waals surface area contributed by atoms with Gasteiger partial charge in [0.05, 0.1) is 12.1 Å². The van der Waals surface area contributed by atoms with Gasteiger partial charge in [-0.05, 0) is 62.3 Å². The molecule has 8 nitrogen and oxygen atoms in total. The fourth-order valence-corrected chi connectivity index (χ4v) is 4.37. The van der Waals surface area contributed by atoms with Crippen molar-refractivity contribution in [1.29, 1.82) is 0 Å². The molecule has 0 atom stereocenters. The number of amides is 2. The number of pyridine rings is 1. The summed E-state index contributed by atoms with van der Waals surface area (Å²) in [7, 11) is 0. The minimum Gasteiger partial charge on any atom is -0.486 e.